The molecule has 0 amide bonds. The van der Waals surface area contributed by atoms with Crippen molar-refractivity contribution in [3.8, 4) is 5.88 Å². The van der Waals surface area contributed by atoms with Crippen molar-refractivity contribution in [3.63, 3.8) is 0 Å². The minimum absolute atomic E-state index is 0.149. The Kier molecular flexibility index (Phi) is 5.87. The topological polar surface area (TPSA) is 38.2 Å². The molecule has 0 saturated carbocycles. The summed E-state index contributed by atoms with van der Waals surface area (Å²) in [6.45, 7) is 6.16. The second-order valence-electron chi connectivity index (χ2n) is 6.04. The smallest absolute Gasteiger partial charge is 0.423 e. The molecule has 0 radical (unpaired) electrons. The van der Waals surface area contributed by atoms with Gasteiger partial charge in [0.2, 0.25) is 11.8 Å². The monoisotopic (exact) mass is 353 g/mol. The number of aromatic nitrogens is 2. The van der Waals surface area contributed by atoms with Crippen LogP contribution in [0.25, 0.3) is 0 Å². The first kappa shape index (κ1) is 19.0. The molecule has 1 aromatic heterocycles. The fourth-order valence-corrected chi connectivity index (χ4v) is 2.22. The quantitative estimate of drug-likeness (QED) is 0.718. The van der Waals surface area contributed by atoms with Crippen LogP contribution in [0.2, 0.25) is 0 Å². The average molecular weight is 353 g/mol. The van der Waals surface area contributed by atoms with Crippen LogP contribution >= 0.6 is 0 Å². The van der Waals surface area contributed by atoms with Gasteiger partial charge in [-0.3, -0.25) is 0 Å². The molecule has 25 heavy (non-hydrogen) atoms. The summed E-state index contributed by atoms with van der Waals surface area (Å²) in [5.41, 5.74) is 0.997. The lowest BCUT2D eigenvalue weighted by atomic mass is 10.0. The van der Waals surface area contributed by atoms with Gasteiger partial charge in [0.25, 0.3) is 0 Å². The molecule has 0 fully saturated rings. The Balaban J connectivity index is 2.34. The van der Waals surface area contributed by atoms with Crippen LogP contribution in [0, 0.1) is 0 Å². The maximum Gasteiger partial charge on any atom is 0.423 e. The van der Waals surface area contributed by atoms with Gasteiger partial charge in [-0.05, 0) is 30.0 Å². The Morgan fingerprint density at radius 2 is 1.80 bits per heavy atom. The zero-order valence-electron chi connectivity index (χ0n) is 14.8. The first-order chi connectivity index (χ1) is 11.7. The zero-order chi connectivity index (χ0) is 18.6. The third kappa shape index (κ3) is 4.61. The number of benzene rings is 1. The van der Waals surface area contributed by atoms with E-state index >= 15 is 0 Å². The lowest BCUT2D eigenvalue weighted by Crippen LogP contribution is -2.17. The first-order valence-electron chi connectivity index (χ1n) is 8.14. The predicted molar refractivity (Wildman–Crippen MR) is 91.4 cm³/mol. The lowest BCUT2D eigenvalue weighted by Gasteiger charge is -2.20. The molecule has 0 unspecified atom stereocenters. The van der Waals surface area contributed by atoms with Crippen LogP contribution in [-0.4, -0.2) is 23.6 Å². The largest absolute Gasteiger partial charge is 0.477 e. The third-order valence-corrected chi connectivity index (χ3v) is 3.74. The standard InChI is InChI=1S/C18H22F3N3O/c1-5-10-25-16-15(18(19,20)21)11-22-17(23-16)24(4)14-8-6-13(7-9-14)12(2)3/h6-9,11-12H,5,10H2,1-4H3. The Bertz CT molecular complexity index is 700. The number of nitrogens with zero attached hydrogens (tertiary/aromatic N) is 3. The van der Waals surface area contributed by atoms with Crippen LogP contribution in [0.4, 0.5) is 24.8 Å². The van der Waals surface area contributed by atoms with Gasteiger partial charge in [0.15, 0.2) is 0 Å². The molecule has 2 rings (SSSR count). The van der Waals surface area contributed by atoms with Gasteiger partial charge in [-0.15, -0.1) is 0 Å². The van der Waals surface area contributed by atoms with Crippen molar-refractivity contribution >= 4 is 11.6 Å². The Labute approximate surface area is 145 Å². The highest BCUT2D eigenvalue weighted by Crippen LogP contribution is 2.36. The summed E-state index contributed by atoms with van der Waals surface area (Å²) in [6, 6.07) is 7.75. The van der Waals surface area contributed by atoms with Crippen LogP contribution in [-0.2, 0) is 6.18 Å². The highest BCUT2D eigenvalue weighted by molar-refractivity contribution is 5.57. The number of hydrogen-bond acceptors (Lipinski definition) is 4. The van der Waals surface area contributed by atoms with E-state index in [9.17, 15) is 13.2 Å². The fourth-order valence-electron chi connectivity index (χ4n) is 2.22. The maximum atomic E-state index is 13.1. The van der Waals surface area contributed by atoms with E-state index in [1.165, 1.54) is 5.56 Å². The summed E-state index contributed by atoms with van der Waals surface area (Å²) < 4.78 is 44.4. The second kappa shape index (κ2) is 7.72. The lowest BCUT2D eigenvalue weighted by molar-refractivity contribution is -0.139. The van der Waals surface area contributed by atoms with E-state index in [4.69, 9.17) is 4.74 Å². The number of hydrogen-bond donors (Lipinski definition) is 0. The van der Waals surface area contributed by atoms with Gasteiger partial charge >= 0.3 is 6.18 Å². The van der Waals surface area contributed by atoms with Crippen molar-refractivity contribution in [3.05, 3.63) is 41.6 Å². The van der Waals surface area contributed by atoms with Gasteiger partial charge in [-0.25, -0.2) is 4.98 Å². The third-order valence-electron chi connectivity index (χ3n) is 3.74. The molecule has 0 spiro atoms. The van der Waals surface area contributed by atoms with Crippen LogP contribution < -0.4 is 9.64 Å². The Morgan fingerprint density at radius 1 is 1.16 bits per heavy atom. The van der Waals surface area contributed by atoms with Crippen molar-refractivity contribution in [2.45, 2.75) is 39.3 Å². The van der Waals surface area contributed by atoms with E-state index in [1.807, 2.05) is 31.2 Å². The number of halogens is 3. The molecule has 0 aliphatic carbocycles. The van der Waals surface area contributed by atoms with Crippen LogP contribution in [0.1, 0.15) is 44.2 Å². The van der Waals surface area contributed by atoms with Gasteiger partial charge in [-0.2, -0.15) is 18.2 Å². The Morgan fingerprint density at radius 3 is 2.32 bits per heavy atom. The summed E-state index contributed by atoms with van der Waals surface area (Å²) in [5, 5.41) is 0. The zero-order valence-corrected chi connectivity index (χ0v) is 14.8. The summed E-state index contributed by atoms with van der Waals surface area (Å²) in [6.07, 6.45) is -3.20. The molecule has 0 N–H and O–H groups in total. The molecule has 0 saturated heterocycles. The molecule has 1 aromatic carbocycles. The van der Waals surface area contributed by atoms with Gasteiger partial charge in [0.05, 0.1) is 6.61 Å². The summed E-state index contributed by atoms with van der Waals surface area (Å²) in [4.78, 5) is 9.47. The van der Waals surface area contributed by atoms with Crippen LogP contribution in [0.5, 0.6) is 5.88 Å². The number of rotatable bonds is 6. The van der Waals surface area contributed by atoms with E-state index in [2.05, 4.69) is 23.8 Å². The molecule has 7 heteroatoms. The number of alkyl halides is 3. The van der Waals surface area contributed by atoms with Gasteiger partial charge in [0.1, 0.15) is 5.56 Å². The van der Waals surface area contributed by atoms with Crippen molar-refractivity contribution in [2.75, 3.05) is 18.6 Å². The SMILES string of the molecule is CCCOc1nc(N(C)c2ccc(C(C)C)cc2)ncc1C(F)(F)F. The summed E-state index contributed by atoms with van der Waals surface area (Å²) >= 11 is 0. The highest BCUT2D eigenvalue weighted by Gasteiger charge is 2.36. The first-order valence-corrected chi connectivity index (χ1v) is 8.14. The Hall–Kier alpha value is -2.31. The molecule has 1 heterocycles. The van der Waals surface area contributed by atoms with Crippen LogP contribution in [0.15, 0.2) is 30.5 Å². The van der Waals surface area contributed by atoms with Gasteiger partial charge in [-0.1, -0.05) is 32.9 Å². The minimum Gasteiger partial charge on any atom is -0.477 e. The molecule has 0 bridgehead atoms. The molecule has 0 aliphatic rings. The molecule has 0 aliphatic heterocycles. The fraction of sp³-hybridized carbons (Fsp3) is 0.444. The van der Waals surface area contributed by atoms with Crippen molar-refractivity contribution in [1.29, 1.82) is 0 Å². The summed E-state index contributed by atoms with van der Waals surface area (Å²) in [5.74, 6) is 0.108. The summed E-state index contributed by atoms with van der Waals surface area (Å²) in [7, 11) is 1.70. The molecule has 4 nitrogen and oxygen atoms in total. The van der Waals surface area contributed by atoms with Crippen molar-refractivity contribution < 1.29 is 17.9 Å². The van der Waals surface area contributed by atoms with Gasteiger partial charge in [0, 0.05) is 18.9 Å². The highest BCUT2D eigenvalue weighted by atomic mass is 19.4. The van der Waals surface area contributed by atoms with E-state index in [0.717, 1.165) is 11.9 Å². The normalized spacial score (nSPS) is 11.7. The molecule has 136 valence electrons. The second-order valence-corrected chi connectivity index (χ2v) is 6.04. The maximum absolute atomic E-state index is 13.1. The van der Waals surface area contributed by atoms with Crippen LogP contribution in [0.3, 0.4) is 0 Å². The minimum atomic E-state index is -4.56. The molecule has 0 atom stereocenters. The molecular weight excluding hydrogens is 331 g/mol. The van der Waals surface area contributed by atoms with E-state index in [0.29, 0.717) is 12.3 Å². The average Bonchev–Trinajstić information content (AvgIpc) is 2.58. The van der Waals surface area contributed by atoms with Crippen molar-refractivity contribution in [2.24, 2.45) is 0 Å². The predicted octanol–water partition coefficient (Wildman–Crippen LogP) is 5.18. The van der Waals surface area contributed by atoms with E-state index in [-0.39, 0.29) is 12.6 Å². The van der Waals surface area contributed by atoms with E-state index < -0.39 is 17.6 Å². The number of anilines is 2. The molecular formula is C18H22F3N3O. The molecule has 2 aromatic rings. The van der Waals surface area contributed by atoms with Crippen molar-refractivity contribution in [1.82, 2.24) is 9.97 Å². The number of ether oxygens (including phenoxy) is 1. The van der Waals surface area contributed by atoms with Gasteiger partial charge < -0.3 is 9.64 Å². The van der Waals surface area contributed by atoms with E-state index in [1.54, 1.807) is 11.9 Å².